The second-order valence-electron chi connectivity index (χ2n) is 6.75. The van der Waals surface area contributed by atoms with Gasteiger partial charge in [0, 0.05) is 26.5 Å². The van der Waals surface area contributed by atoms with E-state index in [4.69, 9.17) is 11.6 Å². The Kier molecular flexibility index (Phi) is 7.07. The first-order valence-electron chi connectivity index (χ1n) is 9.20. The molecule has 1 amide bonds. The van der Waals surface area contributed by atoms with Crippen molar-refractivity contribution in [3.8, 4) is 0 Å². The van der Waals surface area contributed by atoms with E-state index in [1.807, 2.05) is 18.2 Å². The molecular formula is C22H21ClN2O3S2. The van der Waals surface area contributed by atoms with Gasteiger partial charge in [-0.25, -0.2) is 8.42 Å². The summed E-state index contributed by atoms with van der Waals surface area (Å²) in [5.41, 5.74) is 1.50. The van der Waals surface area contributed by atoms with E-state index in [-0.39, 0.29) is 10.8 Å². The van der Waals surface area contributed by atoms with Crippen molar-refractivity contribution in [2.24, 2.45) is 0 Å². The molecule has 0 aliphatic rings. The van der Waals surface area contributed by atoms with E-state index in [9.17, 15) is 13.2 Å². The summed E-state index contributed by atoms with van der Waals surface area (Å²) in [5.74, 6) is -0.242. The normalized spacial score (nSPS) is 11.3. The Morgan fingerprint density at radius 2 is 1.50 bits per heavy atom. The number of benzene rings is 3. The van der Waals surface area contributed by atoms with Crippen molar-refractivity contribution in [3.63, 3.8) is 0 Å². The van der Waals surface area contributed by atoms with Crippen LogP contribution in [0.1, 0.15) is 24.2 Å². The molecule has 0 aromatic heterocycles. The highest BCUT2D eigenvalue weighted by molar-refractivity contribution is 8.00. The van der Waals surface area contributed by atoms with Gasteiger partial charge in [0.1, 0.15) is 0 Å². The Balaban J connectivity index is 1.73. The van der Waals surface area contributed by atoms with Crippen LogP contribution in [0, 0.1) is 0 Å². The van der Waals surface area contributed by atoms with Crippen LogP contribution >= 0.6 is 23.4 Å². The fraction of sp³-hybridized carbons (Fsp3) is 0.136. The average molecular weight is 461 g/mol. The molecule has 3 rings (SSSR count). The Hall–Kier alpha value is -2.48. The molecule has 2 N–H and O–H groups in total. The van der Waals surface area contributed by atoms with Crippen molar-refractivity contribution in [2.45, 2.75) is 28.9 Å². The van der Waals surface area contributed by atoms with Gasteiger partial charge in [0.15, 0.2) is 0 Å². The summed E-state index contributed by atoms with van der Waals surface area (Å²) in [5, 5.41) is 3.69. The van der Waals surface area contributed by atoms with Crippen LogP contribution in [0.15, 0.2) is 82.6 Å². The first kappa shape index (κ1) is 22.2. The fourth-order valence-corrected chi connectivity index (χ4v) is 4.80. The SMILES string of the molecule is CC(C)Sc1ccccc1C(=O)Nc1ccc(S(=O)(=O)Nc2ccc(Cl)cc2)cc1. The largest absolute Gasteiger partial charge is 0.322 e. The molecule has 156 valence electrons. The number of nitrogens with one attached hydrogen (secondary N) is 2. The van der Waals surface area contributed by atoms with Gasteiger partial charge in [-0.05, 0) is 60.7 Å². The number of amides is 1. The number of sulfonamides is 1. The minimum Gasteiger partial charge on any atom is -0.322 e. The Bertz CT molecular complexity index is 1130. The lowest BCUT2D eigenvalue weighted by Crippen LogP contribution is -2.15. The van der Waals surface area contributed by atoms with Crippen LogP contribution in [0.25, 0.3) is 0 Å². The third-order valence-electron chi connectivity index (χ3n) is 4.01. The lowest BCUT2D eigenvalue weighted by Gasteiger charge is -2.12. The molecule has 0 fully saturated rings. The maximum Gasteiger partial charge on any atom is 0.261 e. The minimum atomic E-state index is -3.75. The zero-order valence-corrected chi connectivity index (χ0v) is 18.8. The Morgan fingerprint density at radius 3 is 2.13 bits per heavy atom. The molecule has 0 saturated heterocycles. The molecule has 3 aromatic carbocycles. The molecule has 3 aromatic rings. The third kappa shape index (κ3) is 5.78. The highest BCUT2D eigenvalue weighted by Gasteiger charge is 2.16. The smallest absolute Gasteiger partial charge is 0.261 e. The number of rotatable bonds is 7. The molecule has 0 spiro atoms. The van der Waals surface area contributed by atoms with E-state index in [0.717, 1.165) is 4.90 Å². The number of thioether (sulfide) groups is 1. The van der Waals surface area contributed by atoms with Gasteiger partial charge in [0.2, 0.25) is 0 Å². The van der Waals surface area contributed by atoms with Crippen LogP contribution in [0.4, 0.5) is 11.4 Å². The Labute approximate surface area is 185 Å². The maximum atomic E-state index is 12.7. The monoisotopic (exact) mass is 460 g/mol. The van der Waals surface area contributed by atoms with Crippen LogP contribution in [0.5, 0.6) is 0 Å². The molecule has 8 heteroatoms. The molecule has 0 radical (unpaired) electrons. The van der Waals surface area contributed by atoms with Gasteiger partial charge < -0.3 is 5.32 Å². The molecule has 0 atom stereocenters. The lowest BCUT2D eigenvalue weighted by molar-refractivity contribution is 0.102. The summed E-state index contributed by atoms with van der Waals surface area (Å²) in [7, 11) is -3.75. The zero-order valence-electron chi connectivity index (χ0n) is 16.4. The van der Waals surface area contributed by atoms with Gasteiger partial charge in [0.25, 0.3) is 15.9 Å². The van der Waals surface area contributed by atoms with Crippen LogP contribution in [-0.4, -0.2) is 19.6 Å². The second kappa shape index (κ2) is 9.55. The number of halogens is 1. The molecule has 5 nitrogen and oxygen atoms in total. The van der Waals surface area contributed by atoms with Crippen LogP contribution in [-0.2, 0) is 10.0 Å². The van der Waals surface area contributed by atoms with Gasteiger partial charge in [-0.2, -0.15) is 0 Å². The molecule has 0 saturated carbocycles. The molecule has 0 aliphatic carbocycles. The molecular weight excluding hydrogens is 440 g/mol. The quantitative estimate of drug-likeness (QED) is 0.431. The summed E-state index contributed by atoms with van der Waals surface area (Å²) in [6.45, 7) is 4.13. The maximum absolute atomic E-state index is 12.7. The van der Waals surface area contributed by atoms with E-state index in [0.29, 0.717) is 27.2 Å². The average Bonchev–Trinajstić information content (AvgIpc) is 2.70. The summed E-state index contributed by atoms with van der Waals surface area (Å²) in [6, 6.07) is 19.8. The van der Waals surface area contributed by atoms with Gasteiger partial charge in [-0.3, -0.25) is 9.52 Å². The van der Waals surface area contributed by atoms with E-state index in [2.05, 4.69) is 23.9 Å². The van der Waals surface area contributed by atoms with Crippen molar-refractivity contribution in [3.05, 3.63) is 83.4 Å². The highest BCUT2D eigenvalue weighted by atomic mass is 35.5. The number of anilines is 2. The van der Waals surface area contributed by atoms with Gasteiger partial charge >= 0.3 is 0 Å². The van der Waals surface area contributed by atoms with Gasteiger partial charge in [-0.1, -0.05) is 37.6 Å². The van der Waals surface area contributed by atoms with Crippen LogP contribution < -0.4 is 10.0 Å². The number of hydrogen-bond acceptors (Lipinski definition) is 4. The first-order chi connectivity index (χ1) is 14.2. The van der Waals surface area contributed by atoms with E-state index in [1.54, 1.807) is 54.2 Å². The van der Waals surface area contributed by atoms with E-state index in [1.165, 1.54) is 12.1 Å². The number of carbonyl (C=O) groups is 1. The topological polar surface area (TPSA) is 75.3 Å². The molecule has 0 unspecified atom stereocenters. The summed E-state index contributed by atoms with van der Waals surface area (Å²) in [6.07, 6.45) is 0. The molecule has 0 heterocycles. The van der Waals surface area contributed by atoms with E-state index >= 15 is 0 Å². The number of carbonyl (C=O) groups excluding carboxylic acids is 1. The standard InChI is InChI=1S/C22H21ClN2O3S2/c1-15(2)29-21-6-4-3-5-20(21)22(26)24-17-11-13-19(14-12-17)30(27,28)25-18-9-7-16(23)8-10-18/h3-15,25H,1-2H3,(H,24,26). The number of hydrogen-bond donors (Lipinski definition) is 2. The van der Waals surface area contributed by atoms with Crippen molar-refractivity contribution in [2.75, 3.05) is 10.0 Å². The van der Waals surface area contributed by atoms with E-state index < -0.39 is 10.0 Å². The zero-order chi connectivity index (χ0) is 21.7. The lowest BCUT2D eigenvalue weighted by atomic mass is 10.2. The fourth-order valence-electron chi connectivity index (χ4n) is 2.66. The van der Waals surface area contributed by atoms with Gasteiger partial charge in [0.05, 0.1) is 10.5 Å². The van der Waals surface area contributed by atoms with Crippen LogP contribution in [0.2, 0.25) is 5.02 Å². The predicted octanol–water partition coefficient (Wildman–Crippen LogP) is 5.89. The Morgan fingerprint density at radius 1 is 0.900 bits per heavy atom. The predicted molar refractivity (Wildman–Crippen MR) is 124 cm³/mol. The van der Waals surface area contributed by atoms with Crippen molar-refractivity contribution >= 4 is 50.7 Å². The molecule has 0 aliphatic heterocycles. The summed E-state index contributed by atoms with van der Waals surface area (Å²) in [4.78, 5) is 13.7. The summed E-state index contributed by atoms with van der Waals surface area (Å²) >= 11 is 7.44. The second-order valence-corrected chi connectivity index (χ2v) is 10.5. The molecule has 30 heavy (non-hydrogen) atoms. The minimum absolute atomic E-state index is 0.0891. The first-order valence-corrected chi connectivity index (χ1v) is 11.9. The van der Waals surface area contributed by atoms with Crippen molar-refractivity contribution < 1.29 is 13.2 Å². The highest BCUT2D eigenvalue weighted by Crippen LogP contribution is 2.27. The third-order valence-corrected chi connectivity index (χ3v) is 6.74. The molecule has 0 bridgehead atoms. The summed E-state index contributed by atoms with van der Waals surface area (Å²) < 4.78 is 27.6. The van der Waals surface area contributed by atoms with Crippen LogP contribution in [0.3, 0.4) is 0 Å². The van der Waals surface area contributed by atoms with Crippen molar-refractivity contribution in [1.82, 2.24) is 0 Å². The van der Waals surface area contributed by atoms with Gasteiger partial charge in [-0.15, -0.1) is 11.8 Å². The van der Waals surface area contributed by atoms with Crippen molar-refractivity contribution in [1.29, 1.82) is 0 Å².